The summed E-state index contributed by atoms with van der Waals surface area (Å²) in [4.78, 5) is 23.4. The average molecular weight is 230 g/mol. The molecule has 0 aliphatic carbocycles. The van der Waals surface area contributed by atoms with Crippen molar-refractivity contribution in [3.63, 3.8) is 0 Å². The summed E-state index contributed by atoms with van der Waals surface area (Å²) in [5.74, 6) is -0.901. The molecule has 0 heterocycles. The minimum Gasteiger partial charge on any atom is -0.481 e. The van der Waals surface area contributed by atoms with E-state index in [1.807, 2.05) is 6.92 Å². The van der Waals surface area contributed by atoms with Crippen LogP contribution in [-0.4, -0.2) is 41.6 Å². The van der Waals surface area contributed by atoms with Gasteiger partial charge in [0.2, 0.25) is 0 Å². The van der Waals surface area contributed by atoms with Crippen LogP contribution in [0.25, 0.3) is 0 Å². The van der Waals surface area contributed by atoms with Crippen LogP contribution >= 0.6 is 0 Å². The summed E-state index contributed by atoms with van der Waals surface area (Å²) in [6.45, 7) is 4.28. The van der Waals surface area contributed by atoms with E-state index in [9.17, 15) is 9.59 Å². The molecule has 0 bridgehead atoms. The predicted octanol–water partition coefficient (Wildman–Crippen LogP) is 1.68. The summed E-state index contributed by atoms with van der Waals surface area (Å²) < 4.78 is 0. The number of urea groups is 1. The summed E-state index contributed by atoms with van der Waals surface area (Å²) >= 11 is 0. The van der Waals surface area contributed by atoms with Gasteiger partial charge >= 0.3 is 12.0 Å². The van der Waals surface area contributed by atoms with Gasteiger partial charge in [0.25, 0.3) is 0 Å². The van der Waals surface area contributed by atoms with Gasteiger partial charge in [-0.3, -0.25) is 4.79 Å². The Morgan fingerprint density at radius 3 is 2.56 bits per heavy atom. The van der Waals surface area contributed by atoms with E-state index in [2.05, 4.69) is 12.2 Å². The molecule has 0 aliphatic rings. The minimum absolute atomic E-state index is 0.0388. The molecule has 0 rings (SSSR count). The largest absolute Gasteiger partial charge is 0.481 e. The fraction of sp³-hybridized carbons (Fsp3) is 0.818. The Labute approximate surface area is 96.8 Å². The molecular formula is C11H22N2O3. The third kappa shape index (κ3) is 6.27. The van der Waals surface area contributed by atoms with E-state index in [0.717, 1.165) is 19.3 Å². The number of carboxylic acids is 1. The lowest BCUT2D eigenvalue weighted by Crippen LogP contribution is -2.42. The number of nitrogens with zero attached hydrogens (tertiary/aromatic N) is 1. The maximum absolute atomic E-state index is 11.6. The van der Waals surface area contributed by atoms with Gasteiger partial charge in [-0.05, 0) is 13.3 Å². The van der Waals surface area contributed by atoms with Crippen molar-refractivity contribution < 1.29 is 14.7 Å². The molecule has 5 nitrogen and oxygen atoms in total. The third-order valence-corrected chi connectivity index (χ3v) is 2.57. The van der Waals surface area contributed by atoms with Gasteiger partial charge < -0.3 is 15.3 Å². The first-order valence-electron chi connectivity index (χ1n) is 5.71. The van der Waals surface area contributed by atoms with Gasteiger partial charge in [0.05, 0.1) is 6.42 Å². The molecule has 94 valence electrons. The lowest BCUT2D eigenvalue weighted by atomic mass is 10.1. The van der Waals surface area contributed by atoms with E-state index in [-0.39, 0.29) is 25.0 Å². The molecule has 2 amide bonds. The molecule has 2 N–H and O–H groups in total. The van der Waals surface area contributed by atoms with Crippen molar-refractivity contribution in [3.8, 4) is 0 Å². The topological polar surface area (TPSA) is 69.6 Å². The number of aliphatic carboxylic acids is 1. The zero-order valence-electron chi connectivity index (χ0n) is 10.3. The Morgan fingerprint density at radius 1 is 1.44 bits per heavy atom. The minimum atomic E-state index is -0.901. The van der Waals surface area contributed by atoms with Crippen molar-refractivity contribution in [2.24, 2.45) is 0 Å². The van der Waals surface area contributed by atoms with Crippen LogP contribution in [0.3, 0.4) is 0 Å². The van der Waals surface area contributed by atoms with Gasteiger partial charge in [0.15, 0.2) is 0 Å². The Kier molecular flexibility index (Phi) is 7.33. The first kappa shape index (κ1) is 14.7. The van der Waals surface area contributed by atoms with Crippen LogP contribution in [0.15, 0.2) is 0 Å². The van der Waals surface area contributed by atoms with Crippen molar-refractivity contribution in [2.45, 2.75) is 45.6 Å². The highest BCUT2D eigenvalue weighted by molar-refractivity contribution is 5.75. The number of rotatable bonds is 7. The second-order valence-corrected chi connectivity index (χ2v) is 3.98. The lowest BCUT2D eigenvalue weighted by Gasteiger charge is -2.25. The molecular weight excluding hydrogens is 208 g/mol. The second kappa shape index (κ2) is 7.96. The van der Waals surface area contributed by atoms with E-state index in [0.29, 0.717) is 0 Å². The quantitative estimate of drug-likeness (QED) is 0.699. The fourth-order valence-electron chi connectivity index (χ4n) is 1.29. The average Bonchev–Trinajstić information content (AvgIpc) is 2.24. The number of hydrogen-bond donors (Lipinski definition) is 2. The molecule has 0 aromatic carbocycles. The molecule has 0 spiro atoms. The van der Waals surface area contributed by atoms with Gasteiger partial charge in [-0.1, -0.05) is 19.8 Å². The monoisotopic (exact) mass is 230 g/mol. The number of amides is 2. The van der Waals surface area contributed by atoms with Crippen LogP contribution < -0.4 is 5.32 Å². The molecule has 0 fully saturated rings. The highest BCUT2D eigenvalue weighted by Gasteiger charge is 2.14. The first-order valence-corrected chi connectivity index (χ1v) is 5.71. The Hall–Kier alpha value is -1.26. The smallest absolute Gasteiger partial charge is 0.317 e. The van der Waals surface area contributed by atoms with Gasteiger partial charge in [0, 0.05) is 19.6 Å². The summed E-state index contributed by atoms with van der Waals surface area (Å²) in [7, 11) is 1.73. The SMILES string of the molecule is CCCCC(C)N(C)C(=O)NCCC(=O)O. The van der Waals surface area contributed by atoms with E-state index >= 15 is 0 Å². The summed E-state index contributed by atoms with van der Waals surface area (Å²) in [5.41, 5.74) is 0. The van der Waals surface area contributed by atoms with Crippen LogP contribution in [0.4, 0.5) is 4.79 Å². The summed E-state index contributed by atoms with van der Waals surface area (Å²) in [6.07, 6.45) is 3.13. The van der Waals surface area contributed by atoms with Crippen molar-refractivity contribution >= 4 is 12.0 Å². The van der Waals surface area contributed by atoms with Crippen molar-refractivity contribution in [2.75, 3.05) is 13.6 Å². The predicted molar refractivity (Wildman–Crippen MR) is 62.4 cm³/mol. The maximum Gasteiger partial charge on any atom is 0.317 e. The van der Waals surface area contributed by atoms with Gasteiger partial charge in [-0.25, -0.2) is 4.79 Å². The molecule has 0 radical (unpaired) electrons. The second-order valence-electron chi connectivity index (χ2n) is 3.98. The molecule has 0 aromatic heterocycles. The summed E-state index contributed by atoms with van der Waals surface area (Å²) in [6, 6.07) is -0.0189. The lowest BCUT2D eigenvalue weighted by molar-refractivity contribution is -0.136. The van der Waals surface area contributed by atoms with Crippen LogP contribution in [0.1, 0.15) is 39.5 Å². The number of carboxylic acid groups (broad SMARTS) is 1. The van der Waals surface area contributed by atoms with Gasteiger partial charge in [-0.2, -0.15) is 0 Å². The molecule has 0 saturated carbocycles. The Bertz CT molecular complexity index is 231. The van der Waals surface area contributed by atoms with Crippen LogP contribution in [0.5, 0.6) is 0 Å². The van der Waals surface area contributed by atoms with E-state index in [1.165, 1.54) is 0 Å². The third-order valence-electron chi connectivity index (χ3n) is 2.57. The fourth-order valence-corrected chi connectivity index (χ4v) is 1.29. The molecule has 0 saturated heterocycles. The van der Waals surface area contributed by atoms with Gasteiger partial charge in [0.1, 0.15) is 0 Å². The zero-order valence-corrected chi connectivity index (χ0v) is 10.3. The molecule has 1 unspecified atom stereocenters. The number of carbonyl (C=O) groups is 2. The van der Waals surface area contributed by atoms with E-state index < -0.39 is 5.97 Å². The van der Waals surface area contributed by atoms with E-state index in [1.54, 1.807) is 11.9 Å². The highest BCUT2D eigenvalue weighted by Crippen LogP contribution is 2.06. The number of carbonyl (C=O) groups excluding carboxylic acids is 1. The Balaban J connectivity index is 3.83. The number of nitrogens with one attached hydrogen (secondary N) is 1. The number of unbranched alkanes of at least 4 members (excludes halogenated alkanes) is 1. The molecule has 5 heteroatoms. The van der Waals surface area contributed by atoms with Crippen molar-refractivity contribution in [1.29, 1.82) is 0 Å². The highest BCUT2D eigenvalue weighted by atomic mass is 16.4. The van der Waals surface area contributed by atoms with E-state index in [4.69, 9.17) is 5.11 Å². The summed E-state index contributed by atoms with van der Waals surface area (Å²) in [5, 5.41) is 11.0. The van der Waals surface area contributed by atoms with Crippen LogP contribution in [0, 0.1) is 0 Å². The van der Waals surface area contributed by atoms with Gasteiger partial charge in [-0.15, -0.1) is 0 Å². The molecule has 0 aromatic rings. The first-order chi connectivity index (χ1) is 7.49. The Morgan fingerprint density at radius 2 is 2.06 bits per heavy atom. The molecule has 16 heavy (non-hydrogen) atoms. The maximum atomic E-state index is 11.6. The number of hydrogen-bond acceptors (Lipinski definition) is 2. The standard InChI is InChI=1S/C11H22N2O3/c1-4-5-6-9(2)13(3)11(16)12-8-7-10(14)15/h9H,4-8H2,1-3H3,(H,12,16)(H,14,15). The van der Waals surface area contributed by atoms with Crippen molar-refractivity contribution in [3.05, 3.63) is 0 Å². The van der Waals surface area contributed by atoms with Crippen LogP contribution in [0.2, 0.25) is 0 Å². The molecule has 0 aliphatic heterocycles. The van der Waals surface area contributed by atoms with Crippen molar-refractivity contribution in [1.82, 2.24) is 10.2 Å². The molecule has 1 atom stereocenters. The zero-order chi connectivity index (χ0) is 12.6. The van der Waals surface area contributed by atoms with Crippen LogP contribution in [-0.2, 0) is 4.79 Å². The normalized spacial score (nSPS) is 11.9.